The highest BCUT2D eigenvalue weighted by atomic mass is 31.2. The summed E-state index contributed by atoms with van der Waals surface area (Å²) in [6.45, 7) is 4.37. The highest BCUT2D eigenvalue weighted by molar-refractivity contribution is 7.47. The fraction of sp³-hybridized carbons (Fsp3) is 0.772. The van der Waals surface area contributed by atoms with Gasteiger partial charge in [0, 0.05) is 12.8 Å². The highest BCUT2D eigenvalue weighted by Gasteiger charge is 2.27. The lowest BCUT2D eigenvalue weighted by Crippen LogP contribution is -2.37. The molecule has 0 heterocycles. The summed E-state index contributed by atoms with van der Waals surface area (Å²) in [5.41, 5.74) is 0. The largest absolute Gasteiger partial charge is 0.472 e. The van der Waals surface area contributed by atoms with Gasteiger partial charge in [0.2, 0.25) is 0 Å². The first-order valence-electron chi connectivity index (χ1n) is 37.5. The standard InChI is InChI=1S/C79H142NO8P/c1-6-8-10-12-14-16-18-20-22-24-26-28-30-32-34-36-37-38-39-40-41-42-43-44-46-48-50-52-54-56-58-60-62-64-66-68-70-72-79(82)88-77(76-87-89(83,84)86-74-73-80(3,4)5)75-85-78(81)71-69-67-65-63-61-59-57-55-53-51-49-47-45-35-33-31-29-27-25-23-21-19-17-15-13-11-9-7-2/h8,10,14,16,20,22,26,28,32,34,37-38,40-41,43-44,77H,6-7,9,11-13,15,17-19,21,23-25,27,29-31,33,35-36,39,42,45-76H2,1-5H3/p+1/b10-8-,16-14-,22-20-,28-26-,34-32-,38-37-,41-40-,44-43-. The molecule has 0 aromatic heterocycles. The number of esters is 2. The molecule has 1 N–H and O–H groups in total. The zero-order chi connectivity index (χ0) is 64.8. The van der Waals surface area contributed by atoms with E-state index >= 15 is 0 Å². The second kappa shape index (κ2) is 69.3. The van der Waals surface area contributed by atoms with Crippen molar-refractivity contribution in [2.75, 3.05) is 47.5 Å². The molecule has 516 valence electrons. The van der Waals surface area contributed by atoms with Crippen molar-refractivity contribution in [3.8, 4) is 0 Å². The molecule has 0 rings (SSSR count). The number of carbonyl (C=O) groups excluding carboxylic acids is 2. The minimum atomic E-state index is -4.40. The van der Waals surface area contributed by atoms with E-state index in [9.17, 15) is 19.0 Å². The molecule has 10 heteroatoms. The van der Waals surface area contributed by atoms with Crippen molar-refractivity contribution >= 4 is 19.8 Å². The van der Waals surface area contributed by atoms with Crippen molar-refractivity contribution in [2.45, 2.75) is 347 Å². The van der Waals surface area contributed by atoms with Crippen LogP contribution in [0.4, 0.5) is 0 Å². The monoisotopic (exact) mass is 1270 g/mol. The number of phosphoric acid groups is 1. The Labute approximate surface area is 551 Å². The lowest BCUT2D eigenvalue weighted by atomic mass is 10.0. The predicted molar refractivity (Wildman–Crippen MR) is 385 cm³/mol. The van der Waals surface area contributed by atoms with Crippen molar-refractivity contribution in [3.63, 3.8) is 0 Å². The highest BCUT2D eigenvalue weighted by Crippen LogP contribution is 2.43. The van der Waals surface area contributed by atoms with Crippen molar-refractivity contribution < 1.29 is 42.1 Å². The number of ether oxygens (including phenoxy) is 2. The van der Waals surface area contributed by atoms with E-state index in [1.54, 1.807) is 0 Å². The Morgan fingerprint density at radius 3 is 0.955 bits per heavy atom. The number of carbonyl (C=O) groups is 2. The molecule has 0 radical (unpaired) electrons. The first-order valence-corrected chi connectivity index (χ1v) is 39.0. The van der Waals surface area contributed by atoms with E-state index in [-0.39, 0.29) is 25.6 Å². The number of quaternary nitrogens is 1. The van der Waals surface area contributed by atoms with Gasteiger partial charge in [-0.15, -0.1) is 0 Å². The molecule has 0 aromatic rings. The molecule has 2 unspecified atom stereocenters. The molecular weight excluding hydrogens is 1120 g/mol. The first-order chi connectivity index (χ1) is 43.5. The summed E-state index contributed by atoms with van der Waals surface area (Å²) in [6, 6.07) is 0. The number of nitrogens with zero attached hydrogens (tertiary/aromatic N) is 1. The third-order valence-electron chi connectivity index (χ3n) is 16.4. The quantitative estimate of drug-likeness (QED) is 0.0211. The van der Waals surface area contributed by atoms with Crippen LogP contribution in [0.25, 0.3) is 0 Å². The van der Waals surface area contributed by atoms with E-state index in [1.165, 1.54) is 218 Å². The van der Waals surface area contributed by atoms with E-state index < -0.39 is 26.5 Å². The van der Waals surface area contributed by atoms with Gasteiger partial charge in [-0.2, -0.15) is 0 Å². The van der Waals surface area contributed by atoms with Gasteiger partial charge in [-0.1, -0.05) is 349 Å². The lowest BCUT2D eigenvalue weighted by molar-refractivity contribution is -0.870. The third-order valence-corrected chi connectivity index (χ3v) is 17.4. The van der Waals surface area contributed by atoms with Gasteiger partial charge in [0.15, 0.2) is 6.10 Å². The lowest BCUT2D eigenvalue weighted by Gasteiger charge is -2.24. The van der Waals surface area contributed by atoms with Crippen LogP contribution in [-0.2, 0) is 32.7 Å². The average Bonchev–Trinajstić information content (AvgIpc) is 3.60. The van der Waals surface area contributed by atoms with E-state index in [2.05, 4.69) is 111 Å². The van der Waals surface area contributed by atoms with Crippen molar-refractivity contribution in [3.05, 3.63) is 97.2 Å². The van der Waals surface area contributed by atoms with Gasteiger partial charge in [-0.25, -0.2) is 4.57 Å². The third kappa shape index (κ3) is 73.9. The Morgan fingerprint density at radius 1 is 0.360 bits per heavy atom. The van der Waals surface area contributed by atoms with E-state index in [0.717, 1.165) is 89.9 Å². The fourth-order valence-electron chi connectivity index (χ4n) is 10.7. The zero-order valence-electron chi connectivity index (χ0n) is 58.9. The summed E-state index contributed by atoms with van der Waals surface area (Å²) in [4.78, 5) is 35.9. The molecule has 89 heavy (non-hydrogen) atoms. The molecule has 2 atom stereocenters. The first kappa shape index (κ1) is 85.9. The molecular formula is C79H143NO8P+. The van der Waals surface area contributed by atoms with Crippen LogP contribution in [0.15, 0.2) is 97.2 Å². The molecule has 0 aliphatic carbocycles. The van der Waals surface area contributed by atoms with Crippen LogP contribution >= 0.6 is 7.82 Å². The minimum absolute atomic E-state index is 0.0300. The van der Waals surface area contributed by atoms with Gasteiger partial charge in [0.05, 0.1) is 27.7 Å². The normalized spacial score (nSPS) is 13.6. The van der Waals surface area contributed by atoms with Crippen molar-refractivity contribution in [1.82, 2.24) is 0 Å². The summed E-state index contributed by atoms with van der Waals surface area (Å²) in [6.07, 6.45) is 96.7. The van der Waals surface area contributed by atoms with Crippen molar-refractivity contribution in [2.24, 2.45) is 0 Å². The average molecular weight is 1270 g/mol. The van der Waals surface area contributed by atoms with E-state index in [4.69, 9.17) is 18.5 Å². The second-order valence-corrected chi connectivity index (χ2v) is 27.8. The Morgan fingerprint density at radius 2 is 0.640 bits per heavy atom. The molecule has 0 aliphatic rings. The van der Waals surface area contributed by atoms with Crippen LogP contribution in [0.5, 0.6) is 0 Å². The summed E-state index contributed by atoms with van der Waals surface area (Å²) < 4.78 is 34.8. The van der Waals surface area contributed by atoms with Crippen LogP contribution in [-0.4, -0.2) is 74.9 Å². The van der Waals surface area contributed by atoms with Gasteiger partial charge in [-0.3, -0.25) is 18.6 Å². The molecule has 0 aromatic carbocycles. The number of hydrogen-bond acceptors (Lipinski definition) is 7. The van der Waals surface area contributed by atoms with Gasteiger partial charge in [0.1, 0.15) is 19.8 Å². The minimum Gasteiger partial charge on any atom is -0.462 e. The number of unbranched alkanes of at least 4 members (excludes halogenated alkanes) is 39. The van der Waals surface area contributed by atoms with E-state index in [0.29, 0.717) is 23.9 Å². The number of allylic oxidation sites excluding steroid dienone is 16. The maximum Gasteiger partial charge on any atom is 0.472 e. The Bertz CT molecular complexity index is 1820. The summed E-state index contributed by atoms with van der Waals surface area (Å²) in [7, 11) is 1.48. The van der Waals surface area contributed by atoms with Crippen LogP contribution in [0.2, 0.25) is 0 Å². The van der Waals surface area contributed by atoms with E-state index in [1.807, 2.05) is 21.1 Å². The van der Waals surface area contributed by atoms with Crippen LogP contribution in [0.1, 0.15) is 341 Å². The van der Waals surface area contributed by atoms with Gasteiger partial charge < -0.3 is 18.9 Å². The second-order valence-electron chi connectivity index (χ2n) is 26.3. The molecule has 0 saturated heterocycles. The zero-order valence-corrected chi connectivity index (χ0v) is 59.8. The number of likely N-dealkylation sites (N-methyl/N-ethyl adjacent to an activating group) is 1. The summed E-state index contributed by atoms with van der Waals surface area (Å²) in [5, 5.41) is 0. The number of rotatable bonds is 69. The van der Waals surface area contributed by atoms with Gasteiger partial charge in [0.25, 0.3) is 0 Å². The Balaban J connectivity index is 4.02. The van der Waals surface area contributed by atoms with Crippen LogP contribution in [0.3, 0.4) is 0 Å². The predicted octanol–water partition coefficient (Wildman–Crippen LogP) is 24.7. The number of hydrogen-bond donors (Lipinski definition) is 1. The molecule has 0 saturated carbocycles. The van der Waals surface area contributed by atoms with Crippen LogP contribution in [0, 0.1) is 0 Å². The summed E-state index contributed by atoms with van der Waals surface area (Å²) >= 11 is 0. The molecule has 0 bridgehead atoms. The number of phosphoric ester groups is 1. The molecule has 0 aliphatic heterocycles. The maximum atomic E-state index is 12.9. The van der Waals surface area contributed by atoms with Crippen LogP contribution < -0.4 is 0 Å². The Hall–Kier alpha value is -3.07. The molecule has 0 amide bonds. The SMILES string of the molecule is CC/C=C\C/C=C\C/C=C\C/C=C\C/C=C\C/C=C\C/C=C\C/C=C\CCCCCCCCCCCCCCC(=O)OC(COC(=O)CCCCCCCCCCCCCCCCCCCCCCCCCCCCCC)COP(=O)(O)OCC[N+](C)(C)C. The Kier molecular flexibility index (Phi) is 66.9. The molecule has 0 fully saturated rings. The van der Waals surface area contributed by atoms with Crippen molar-refractivity contribution in [1.29, 1.82) is 0 Å². The van der Waals surface area contributed by atoms with Gasteiger partial charge in [-0.05, 0) is 77.0 Å². The topological polar surface area (TPSA) is 108 Å². The summed E-state index contributed by atoms with van der Waals surface area (Å²) in [5.74, 6) is -0.787. The smallest absolute Gasteiger partial charge is 0.462 e. The van der Waals surface area contributed by atoms with Gasteiger partial charge >= 0.3 is 19.8 Å². The molecule has 9 nitrogen and oxygen atoms in total. The fourth-order valence-corrected chi connectivity index (χ4v) is 11.4. The maximum absolute atomic E-state index is 12.9. The molecule has 0 spiro atoms.